The summed E-state index contributed by atoms with van der Waals surface area (Å²) in [5.41, 5.74) is 2.68. The summed E-state index contributed by atoms with van der Waals surface area (Å²) >= 11 is 0. The molecular formula is C22H28N4O4. The van der Waals surface area contributed by atoms with Gasteiger partial charge >= 0.3 is 11.7 Å². The first-order valence-corrected chi connectivity index (χ1v) is 10.5. The van der Waals surface area contributed by atoms with Gasteiger partial charge in [0.25, 0.3) is 5.56 Å². The van der Waals surface area contributed by atoms with Crippen LogP contribution in [-0.2, 0) is 11.3 Å². The molecule has 2 N–H and O–H groups in total. The molecule has 1 aromatic carbocycles. The fraction of sp³-hybridized carbons (Fsp3) is 0.500. The smallest absolute Gasteiger partial charge is 0.349 e. The summed E-state index contributed by atoms with van der Waals surface area (Å²) in [6, 6.07) is 3.96. The van der Waals surface area contributed by atoms with Crippen molar-refractivity contribution in [2.24, 2.45) is 5.92 Å². The van der Waals surface area contributed by atoms with Gasteiger partial charge in [0.2, 0.25) is 0 Å². The molecule has 0 spiro atoms. The van der Waals surface area contributed by atoms with Crippen LogP contribution in [0.3, 0.4) is 0 Å². The molecule has 0 aliphatic carbocycles. The quantitative estimate of drug-likeness (QED) is 0.411. The number of unbranched alkanes of at least 4 members (excludes halogenated alkanes) is 3. The van der Waals surface area contributed by atoms with E-state index in [-0.39, 0.29) is 11.6 Å². The number of fused-ring (bicyclic) bond motifs is 2. The molecule has 1 unspecified atom stereocenters. The van der Waals surface area contributed by atoms with Gasteiger partial charge in [-0.3, -0.25) is 14.6 Å². The number of aliphatic carboxylic acids is 1. The van der Waals surface area contributed by atoms with Crippen molar-refractivity contribution in [3.05, 3.63) is 44.1 Å². The van der Waals surface area contributed by atoms with E-state index in [1.54, 1.807) is 0 Å². The highest BCUT2D eigenvalue weighted by atomic mass is 16.4. The number of H-pyrrole nitrogens is 1. The van der Waals surface area contributed by atoms with E-state index in [1.165, 1.54) is 0 Å². The second-order valence-electron chi connectivity index (χ2n) is 7.88. The Labute approximate surface area is 174 Å². The van der Waals surface area contributed by atoms with Crippen LogP contribution in [0.2, 0.25) is 0 Å². The number of carbonyl (C=O) groups is 1. The van der Waals surface area contributed by atoms with Crippen LogP contribution in [0.15, 0.2) is 21.7 Å². The SMILES string of the molecule is CCC(CCCCCCn1c2nc(=O)[nH]c(=O)c-2nc2cc(C)c(C)cc21)C(=O)O. The topological polar surface area (TPSA) is 118 Å². The van der Waals surface area contributed by atoms with Gasteiger partial charge in [0.1, 0.15) is 0 Å². The number of aryl methyl sites for hydroxylation is 3. The highest BCUT2D eigenvalue weighted by Crippen LogP contribution is 2.24. The monoisotopic (exact) mass is 412 g/mol. The van der Waals surface area contributed by atoms with Crippen LogP contribution < -0.4 is 11.2 Å². The van der Waals surface area contributed by atoms with Crippen LogP contribution in [0.1, 0.15) is 56.6 Å². The minimum atomic E-state index is -0.724. The molecule has 0 aromatic heterocycles. The number of carboxylic acids is 1. The number of benzene rings is 1. The van der Waals surface area contributed by atoms with Gasteiger partial charge in [-0.05, 0) is 56.4 Å². The second kappa shape index (κ2) is 9.19. The Hall–Kier alpha value is -3.03. The Kier molecular flexibility index (Phi) is 6.64. The standard InChI is InChI=1S/C22H28N4O4/c1-4-15(21(28)29)9-7-5-6-8-10-26-17-12-14(3)13(2)11-16(17)23-18-19(26)24-22(30)25-20(18)27/h11-12,15H,4-10H2,1-3H3,(H,28,29)(H,25,27,30). The van der Waals surface area contributed by atoms with Crippen LogP contribution in [-0.4, -0.2) is 30.6 Å². The zero-order chi connectivity index (χ0) is 21.8. The first-order valence-electron chi connectivity index (χ1n) is 10.5. The number of nitrogens with zero attached hydrogens (tertiary/aromatic N) is 3. The third-order valence-corrected chi connectivity index (χ3v) is 5.75. The Morgan fingerprint density at radius 1 is 1.10 bits per heavy atom. The maximum Gasteiger partial charge on any atom is 0.349 e. The molecule has 0 saturated carbocycles. The zero-order valence-corrected chi connectivity index (χ0v) is 17.7. The molecule has 2 aliphatic heterocycles. The van der Waals surface area contributed by atoms with Crippen molar-refractivity contribution in [2.45, 2.75) is 65.8 Å². The summed E-state index contributed by atoms with van der Waals surface area (Å²) in [5, 5.41) is 9.14. The third kappa shape index (κ3) is 4.58. The van der Waals surface area contributed by atoms with Gasteiger partial charge < -0.3 is 9.67 Å². The lowest BCUT2D eigenvalue weighted by Gasteiger charge is -2.17. The molecule has 0 amide bonds. The van der Waals surface area contributed by atoms with Crippen LogP contribution >= 0.6 is 0 Å². The van der Waals surface area contributed by atoms with Gasteiger partial charge in [0, 0.05) is 6.54 Å². The number of aromatic amines is 1. The van der Waals surface area contributed by atoms with E-state index in [4.69, 9.17) is 5.11 Å². The Balaban J connectivity index is 1.83. The number of carboxylic acid groups (broad SMARTS) is 1. The molecule has 0 saturated heterocycles. The highest BCUT2D eigenvalue weighted by molar-refractivity contribution is 5.81. The van der Waals surface area contributed by atoms with E-state index in [2.05, 4.69) is 15.0 Å². The minimum absolute atomic E-state index is 0.164. The fourth-order valence-corrected chi connectivity index (χ4v) is 3.79. The van der Waals surface area contributed by atoms with E-state index in [1.807, 2.05) is 37.5 Å². The van der Waals surface area contributed by atoms with Crippen molar-refractivity contribution >= 4 is 17.0 Å². The summed E-state index contributed by atoms with van der Waals surface area (Å²) in [7, 11) is 0. The number of aromatic nitrogens is 4. The van der Waals surface area contributed by atoms with Crippen LogP contribution in [0.25, 0.3) is 22.6 Å². The number of hydrogen-bond acceptors (Lipinski definition) is 5. The van der Waals surface area contributed by atoms with Crippen molar-refractivity contribution < 1.29 is 9.90 Å². The lowest BCUT2D eigenvalue weighted by molar-refractivity contribution is -0.142. The predicted molar refractivity (Wildman–Crippen MR) is 115 cm³/mol. The van der Waals surface area contributed by atoms with Crippen LogP contribution in [0.4, 0.5) is 0 Å². The molecule has 8 heteroatoms. The highest BCUT2D eigenvalue weighted by Gasteiger charge is 2.19. The lowest BCUT2D eigenvalue weighted by atomic mass is 9.98. The molecule has 0 fully saturated rings. The molecule has 2 aliphatic rings. The van der Waals surface area contributed by atoms with Crippen molar-refractivity contribution in [3.63, 3.8) is 0 Å². The Morgan fingerprint density at radius 3 is 2.50 bits per heavy atom. The normalized spacial score (nSPS) is 12.5. The van der Waals surface area contributed by atoms with Crippen LogP contribution in [0.5, 0.6) is 0 Å². The van der Waals surface area contributed by atoms with Gasteiger partial charge in [-0.15, -0.1) is 0 Å². The van der Waals surface area contributed by atoms with Crippen molar-refractivity contribution in [1.29, 1.82) is 0 Å². The number of hydrogen-bond donors (Lipinski definition) is 2. The van der Waals surface area contributed by atoms with E-state index in [0.29, 0.717) is 30.7 Å². The summed E-state index contributed by atoms with van der Waals surface area (Å²) in [4.78, 5) is 45.9. The molecular weight excluding hydrogens is 384 g/mol. The van der Waals surface area contributed by atoms with Gasteiger partial charge in [0.15, 0.2) is 11.5 Å². The maximum atomic E-state index is 12.3. The van der Waals surface area contributed by atoms with E-state index < -0.39 is 17.2 Å². The van der Waals surface area contributed by atoms with Gasteiger partial charge in [0.05, 0.1) is 17.0 Å². The molecule has 3 rings (SSSR count). The summed E-state index contributed by atoms with van der Waals surface area (Å²) < 4.78 is 1.91. The van der Waals surface area contributed by atoms with Crippen molar-refractivity contribution in [3.8, 4) is 11.5 Å². The average molecular weight is 412 g/mol. The van der Waals surface area contributed by atoms with E-state index >= 15 is 0 Å². The zero-order valence-electron chi connectivity index (χ0n) is 17.7. The summed E-state index contributed by atoms with van der Waals surface area (Å²) in [5.74, 6) is -0.695. The number of nitrogens with one attached hydrogen (secondary N) is 1. The van der Waals surface area contributed by atoms with Gasteiger partial charge in [-0.2, -0.15) is 4.98 Å². The lowest BCUT2D eigenvalue weighted by Crippen LogP contribution is -2.29. The number of rotatable bonds is 9. The van der Waals surface area contributed by atoms with Crippen LogP contribution in [0, 0.1) is 19.8 Å². The van der Waals surface area contributed by atoms with Crippen molar-refractivity contribution in [2.75, 3.05) is 0 Å². The largest absolute Gasteiger partial charge is 0.481 e. The first-order chi connectivity index (χ1) is 14.3. The molecule has 0 bridgehead atoms. The molecule has 1 atom stereocenters. The summed E-state index contributed by atoms with van der Waals surface area (Å²) in [6.45, 7) is 6.51. The Morgan fingerprint density at radius 2 is 1.80 bits per heavy atom. The first kappa shape index (κ1) is 21.7. The van der Waals surface area contributed by atoms with Gasteiger partial charge in [-0.25, -0.2) is 9.78 Å². The average Bonchev–Trinajstić information content (AvgIpc) is 2.68. The summed E-state index contributed by atoms with van der Waals surface area (Å²) in [6.07, 6.45) is 4.90. The van der Waals surface area contributed by atoms with E-state index in [9.17, 15) is 14.4 Å². The molecule has 8 nitrogen and oxygen atoms in total. The predicted octanol–water partition coefficient (Wildman–Crippen LogP) is 3.26. The maximum absolute atomic E-state index is 12.3. The molecule has 0 radical (unpaired) electrons. The Bertz CT molecular complexity index is 1150. The van der Waals surface area contributed by atoms with E-state index in [0.717, 1.165) is 42.3 Å². The molecule has 2 heterocycles. The fourth-order valence-electron chi connectivity index (χ4n) is 3.79. The van der Waals surface area contributed by atoms with Crippen molar-refractivity contribution in [1.82, 2.24) is 19.5 Å². The molecule has 160 valence electrons. The molecule has 1 aromatic rings. The molecule has 30 heavy (non-hydrogen) atoms. The minimum Gasteiger partial charge on any atom is -0.481 e. The van der Waals surface area contributed by atoms with Gasteiger partial charge in [-0.1, -0.05) is 26.2 Å². The second-order valence-corrected chi connectivity index (χ2v) is 7.88. The third-order valence-electron chi connectivity index (χ3n) is 5.75.